The van der Waals surface area contributed by atoms with Gasteiger partial charge in [-0.3, -0.25) is 4.79 Å². The first kappa shape index (κ1) is 20.1. The summed E-state index contributed by atoms with van der Waals surface area (Å²) < 4.78 is 23.9. The van der Waals surface area contributed by atoms with Crippen LogP contribution in [-0.4, -0.2) is 45.0 Å². The third kappa shape index (κ3) is 3.56. The van der Waals surface area contributed by atoms with Gasteiger partial charge in [-0.05, 0) is 24.6 Å². The van der Waals surface area contributed by atoms with Crippen LogP contribution in [0.3, 0.4) is 0 Å². The third-order valence-electron chi connectivity index (χ3n) is 4.99. The second-order valence-corrected chi connectivity index (χ2v) is 7.92. The van der Waals surface area contributed by atoms with Gasteiger partial charge in [0.05, 0.1) is 23.2 Å². The number of carboxylic acid groups (broad SMARTS) is 1. The zero-order chi connectivity index (χ0) is 21.6. The number of ether oxygens (including phenoxy) is 2. The predicted molar refractivity (Wildman–Crippen MR) is 102 cm³/mol. The van der Waals surface area contributed by atoms with Gasteiger partial charge < -0.3 is 19.9 Å². The summed E-state index contributed by atoms with van der Waals surface area (Å²) in [4.78, 5) is 41.6. The Hall–Kier alpha value is -3.21. The lowest BCUT2D eigenvalue weighted by molar-refractivity contribution is -0.173. The fourth-order valence-corrected chi connectivity index (χ4v) is 4.10. The molecule has 3 amide bonds. The Morgan fingerprint density at radius 3 is 2.80 bits per heavy atom. The van der Waals surface area contributed by atoms with E-state index in [2.05, 4.69) is 10.3 Å². The molecule has 0 aliphatic carbocycles. The average Bonchev–Trinajstić information content (AvgIpc) is 3.27. The van der Waals surface area contributed by atoms with Crippen LogP contribution in [0.25, 0.3) is 0 Å². The number of thiazole rings is 1. The third-order valence-corrected chi connectivity index (χ3v) is 5.63. The minimum Gasteiger partial charge on any atom is -0.480 e. The summed E-state index contributed by atoms with van der Waals surface area (Å²) in [5.41, 5.74) is 2.78. The highest BCUT2D eigenvalue weighted by Crippen LogP contribution is 2.41. The van der Waals surface area contributed by atoms with E-state index in [-0.39, 0.29) is 17.9 Å². The Balaban J connectivity index is 1.44. The molecule has 3 heterocycles. The number of benzene rings is 1. The first-order valence-electron chi connectivity index (χ1n) is 9.10. The van der Waals surface area contributed by atoms with Gasteiger partial charge in [-0.15, -0.1) is 11.3 Å². The lowest BCUT2D eigenvalue weighted by Gasteiger charge is -2.43. The SMILES string of the molecule is C[C@@H](NC(=O)N1C(=O)[C@H](Cc2cscn2)[C@H]1C(=O)O)c1ccc2c(c1)OC(C)(F)O2. The number of alkyl halides is 1. The fourth-order valence-electron chi connectivity index (χ4n) is 3.53. The molecular formula is C19H18FN3O6S. The Morgan fingerprint density at radius 1 is 1.40 bits per heavy atom. The van der Waals surface area contributed by atoms with Gasteiger partial charge in [-0.25, -0.2) is 19.5 Å². The smallest absolute Gasteiger partial charge is 0.404 e. The lowest BCUT2D eigenvalue weighted by Crippen LogP contribution is -2.68. The molecule has 1 aromatic heterocycles. The number of carbonyl (C=O) groups is 3. The van der Waals surface area contributed by atoms with Crippen LogP contribution in [0.15, 0.2) is 29.1 Å². The molecule has 2 N–H and O–H groups in total. The van der Waals surface area contributed by atoms with Crippen molar-refractivity contribution in [1.29, 1.82) is 0 Å². The number of halogens is 1. The van der Waals surface area contributed by atoms with E-state index >= 15 is 0 Å². The summed E-state index contributed by atoms with van der Waals surface area (Å²) in [5, 5.41) is 13.9. The monoisotopic (exact) mass is 435 g/mol. The molecule has 11 heteroatoms. The van der Waals surface area contributed by atoms with E-state index in [4.69, 9.17) is 9.47 Å². The van der Waals surface area contributed by atoms with Gasteiger partial charge in [0.1, 0.15) is 0 Å². The summed E-state index contributed by atoms with van der Waals surface area (Å²) >= 11 is 1.34. The van der Waals surface area contributed by atoms with E-state index in [0.717, 1.165) is 6.92 Å². The van der Waals surface area contributed by atoms with Crippen molar-refractivity contribution in [3.63, 3.8) is 0 Å². The molecule has 0 bridgehead atoms. The summed E-state index contributed by atoms with van der Waals surface area (Å²) in [6, 6.07) is -0.305. The highest BCUT2D eigenvalue weighted by atomic mass is 32.1. The van der Waals surface area contributed by atoms with Crippen LogP contribution < -0.4 is 14.8 Å². The minimum absolute atomic E-state index is 0.156. The normalized spacial score (nSPS) is 25.6. The second kappa shape index (κ2) is 7.24. The average molecular weight is 435 g/mol. The number of β-lactam (4-membered cyclic amide) rings is 1. The van der Waals surface area contributed by atoms with Crippen molar-refractivity contribution >= 4 is 29.2 Å². The van der Waals surface area contributed by atoms with Crippen molar-refractivity contribution < 1.29 is 33.4 Å². The van der Waals surface area contributed by atoms with Gasteiger partial charge in [0.25, 0.3) is 0 Å². The maximum absolute atomic E-state index is 13.8. The van der Waals surface area contributed by atoms with E-state index in [1.165, 1.54) is 23.5 Å². The number of urea groups is 1. The Bertz CT molecular complexity index is 1010. The predicted octanol–water partition coefficient (Wildman–Crippen LogP) is 2.48. The zero-order valence-electron chi connectivity index (χ0n) is 16.0. The molecule has 1 fully saturated rings. The van der Waals surface area contributed by atoms with E-state index in [1.807, 2.05) is 0 Å². The summed E-state index contributed by atoms with van der Waals surface area (Å²) in [5.74, 6) is -2.26. The molecule has 2 aliphatic rings. The first-order valence-corrected chi connectivity index (χ1v) is 10.0. The van der Waals surface area contributed by atoms with Crippen LogP contribution in [0.5, 0.6) is 11.5 Å². The van der Waals surface area contributed by atoms with E-state index in [0.29, 0.717) is 16.2 Å². The summed E-state index contributed by atoms with van der Waals surface area (Å²) in [6.07, 6.45) is 0.156. The van der Waals surface area contributed by atoms with Gasteiger partial charge in [0.2, 0.25) is 5.91 Å². The standard InChI is InChI=1S/C19H18FN3O6S/c1-9(10-3-4-13-14(5-10)29-19(2,20)28-13)22-18(27)23-15(17(25)26)12(16(23)24)6-11-7-30-8-21-11/h3-5,7-9,12,15H,6H2,1-2H3,(H,22,27)(H,25,26)/t9-,12-,15+,19?/m1/s1. The van der Waals surface area contributed by atoms with E-state index in [1.54, 1.807) is 23.9 Å². The maximum atomic E-state index is 13.8. The minimum atomic E-state index is -2.27. The lowest BCUT2D eigenvalue weighted by atomic mass is 9.84. The van der Waals surface area contributed by atoms with Gasteiger partial charge in [0.15, 0.2) is 17.5 Å². The van der Waals surface area contributed by atoms with Crippen LogP contribution in [0.1, 0.15) is 31.1 Å². The molecule has 30 heavy (non-hydrogen) atoms. The van der Waals surface area contributed by atoms with Crippen molar-refractivity contribution in [2.75, 3.05) is 0 Å². The van der Waals surface area contributed by atoms with Crippen LogP contribution in [0.4, 0.5) is 9.18 Å². The number of amides is 3. The number of imide groups is 1. The largest absolute Gasteiger partial charge is 0.480 e. The molecule has 1 aromatic carbocycles. The number of nitrogens with zero attached hydrogens (tertiary/aromatic N) is 2. The van der Waals surface area contributed by atoms with Crippen LogP contribution in [0, 0.1) is 5.92 Å². The molecule has 0 saturated carbocycles. The number of carboxylic acids is 1. The summed E-state index contributed by atoms with van der Waals surface area (Å²) in [6.45, 7) is 2.78. The Labute approximate surface area is 174 Å². The molecule has 1 unspecified atom stereocenters. The first-order chi connectivity index (χ1) is 14.2. The van der Waals surface area contributed by atoms with Crippen LogP contribution in [0.2, 0.25) is 0 Å². The number of rotatable bonds is 5. The number of hydrogen-bond acceptors (Lipinski definition) is 7. The molecule has 158 valence electrons. The van der Waals surface area contributed by atoms with Gasteiger partial charge in [0, 0.05) is 18.7 Å². The molecule has 4 atom stereocenters. The number of hydrogen-bond donors (Lipinski definition) is 2. The maximum Gasteiger partial charge on any atom is 0.404 e. The number of aliphatic carboxylic acids is 1. The van der Waals surface area contributed by atoms with Crippen molar-refractivity contribution in [1.82, 2.24) is 15.2 Å². The number of fused-ring (bicyclic) bond motifs is 1. The Morgan fingerprint density at radius 2 is 2.13 bits per heavy atom. The molecule has 2 aromatic rings. The van der Waals surface area contributed by atoms with Gasteiger partial charge >= 0.3 is 18.0 Å². The summed E-state index contributed by atoms with van der Waals surface area (Å²) in [7, 11) is 0. The highest BCUT2D eigenvalue weighted by Gasteiger charge is 2.55. The topological polar surface area (TPSA) is 118 Å². The van der Waals surface area contributed by atoms with Gasteiger partial charge in [-0.2, -0.15) is 4.39 Å². The quantitative estimate of drug-likeness (QED) is 0.693. The van der Waals surface area contributed by atoms with E-state index in [9.17, 15) is 23.9 Å². The molecule has 9 nitrogen and oxygen atoms in total. The molecule has 4 rings (SSSR count). The number of aromatic nitrogens is 1. The number of likely N-dealkylation sites (tertiary alicyclic amines) is 1. The van der Waals surface area contributed by atoms with Crippen molar-refractivity contribution in [2.45, 2.75) is 38.4 Å². The highest BCUT2D eigenvalue weighted by molar-refractivity contribution is 7.07. The molecule has 0 radical (unpaired) electrons. The van der Waals surface area contributed by atoms with Crippen LogP contribution >= 0.6 is 11.3 Å². The Kier molecular flexibility index (Phi) is 4.85. The van der Waals surface area contributed by atoms with Crippen molar-refractivity contribution in [3.05, 3.63) is 40.3 Å². The fraction of sp³-hybridized carbons (Fsp3) is 0.368. The van der Waals surface area contributed by atoms with Crippen LogP contribution in [-0.2, 0) is 16.0 Å². The number of nitrogens with one attached hydrogen (secondary N) is 1. The van der Waals surface area contributed by atoms with Crippen molar-refractivity contribution in [2.24, 2.45) is 5.92 Å². The zero-order valence-corrected chi connectivity index (χ0v) is 16.8. The van der Waals surface area contributed by atoms with E-state index < -0.39 is 42.0 Å². The van der Waals surface area contributed by atoms with Crippen molar-refractivity contribution in [3.8, 4) is 11.5 Å². The molecule has 0 spiro atoms. The molecular weight excluding hydrogens is 417 g/mol. The van der Waals surface area contributed by atoms with Gasteiger partial charge in [-0.1, -0.05) is 6.07 Å². The molecule has 2 aliphatic heterocycles. The number of carbonyl (C=O) groups excluding carboxylic acids is 2. The second-order valence-electron chi connectivity index (χ2n) is 7.20. The molecule has 1 saturated heterocycles.